The lowest BCUT2D eigenvalue weighted by Gasteiger charge is -2.43. The van der Waals surface area contributed by atoms with E-state index in [4.69, 9.17) is 42.7 Å². The van der Waals surface area contributed by atoms with Gasteiger partial charge in [-0.3, -0.25) is 4.84 Å². The minimum atomic E-state index is -4.29. The van der Waals surface area contributed by atoms with Crippen LogP contribution in [0.2, 0.25) is 0 Å². The molecule has 0 spiro atoms. The summed E-state index contributed by atoms with van der Waals surface area (Å²) in [7, 11) is 0.234. The molecule has 0 radical (unpaired) electrons. The summed E-state index contributed by atoms with van der Waals surface area (Å²) in [5.74, 6) is 5.61. The van der Waals surface area contributed by atoms with Crippen molar-refractivity contribution in [2.24, 2.45) is 0 Å². The predicted octanol–water partition coefficient (Wildman–Crippen LogP) is 7.31. The Labute approximate surface area is 326 Å². The van der Waals surface area contributed by atoms with Crippen molar-refractivity contribution in [1.29, 1.82) is 0 Å². The molecule has 1 heterocycles. The third kappa shape index (κ3) is 9.28. The highest BCUT2D eigenvalue weighted by molar-refractivity contribution is 7.94. The molecular formula is C41H45NO13S. The number of amides is 1. The van der Waals surface area contributed by atoms with Gasteiger partial charge in [-0.2, -0.15) is 0 Å². The molecule has 0 saturated carbocycles. The van der Waals surface area contributed by atoms with E-state index >= 15 is 0 Å². The van der Waals surface area contributed by atoms with Crippen molar-refractivity contribution < 1.29 is 60.7 Å². The van der Waals surface area contributed by atoms with Gasteiger partial charge in [0.25, 0.3) is 0 Å². The third-order valence-corrected chi connectivity index (χ3v) is 10.1. The molecule has 15 heteroatoms. The first kappa shape index (κ1) is 41.6. The van der Waals surface area contributed by atoms with Gasteiger partial charge in [0.15, 0.2) is 27.1 Å². The average Bonchev–Trinajstić information content (AvgIpc) is 3.64. The SMILES string of the molecule is CC#CCOC1(C2=CCC(OCCC)(N(OC(=O)Oc3ccccc3)C(=O)Oc3ccccc3)C(S(C)(=O)=O)=C2)CCC(c2cc(OC)c(OC)c(OC)c2)O1. The zero-order valence-electron chi connectivity index (χ0n) is 32.1. The van der Waals surface area contributed by atoms with Gasteiger partial charge >= 0.3 is 12.2 Å². The van der Waals surface area contributed by atoms with E-state index < -0.39 is 44.6 Å². The molecule has 2 aliphatic rings. The lowest BCUT2D eigenvalue weighted by molar-refractivity contribution is -0.237. The van der Waals surface area contributed by atoms with Crippen LogP contribution >= 0.6 is 0 Å². The summed E-state index contributed by atoms with van der Waals surface area (Å²) in [4.78, 5) is 32.6. The highest BCUT2D eigenvalue weighted by Gasteiger charge is 2.56. The van der Waals surface area contributed by atoms with Crippen molar-refractivity contribution in [3.8, 4) is 40.6 Å². The molecule has 1 fully saturated rings. The maximum absolute atomic E-state index is 14.1. The van der Waals surface area contributed by atoms with Crippen LogP contribution in [0.3, 0.4) is 0 Å². The number of benzene rings is 3. The van der Waals surface area contributed by atoms with E-state index in [1.807, 2.05) is 0 Å². The molecule has 0 bridgehead atoms. The van der Waals surface area contributed by atoms with E-state index in [1.165, 1.54) is 51.7 Å². The zero-order chi connectivity index (χ0) is 40.3. The van der Waals surface area contributed by atoms with Gasteiger partial charge in [-0.05, 0) is 67.8 Å². The van der Waals surface area contributed by atoms with Crippen LogP contribution in [0.25, 0.3) is 0 Å². The maximum atomic E-state index is 14.1. The fourth-order valence-corrected chi connectivity index (χ4v) is 7.50. The summed E-state index contributed by atoms with van der Waals surface area (Å²) in [6, 6.07) is 19.5. The summed E-state index contributed by atoms with van der Waals surface area (Å²) in [6.07, 6.45) is 1.45. The first-order chi connectivity index (χ1) is 26.9. The number of methoxy groups -OCH3 is 3. The first-order valence-corrected chi connectivity index (χ1v) is 19.6. The standard InChI is InChI=1S/C41H45NO13S/c1-7-9-25-51-41(23-21-33(54-41)29-26-34(47-3)37(49-5)35(27-29)48-4)30-20-22-40(50-24-8-2,36(28-30)56(6,45)46)42(38(43)52-31-16-12-10-13-17-31)55-39(44)53-32-18-14-11-15-19-32/h10-20,26-28,33H,8,21-25H2,1-6H3. The normalized spacial score (nSPS) is 20.4. The summed E-state index contributed by atoms with van der Waals surface area (Å²) >= 11 is 0. The van der Waals surface area contributed by atoms with E-state index in [2.05, 4.69) is 11.8 Å². The van der Waals surface area contributed by atoms with Crippen molar-refractivity contribution in [3.63, 3.8) is 0 Å². The van der Waals surface area contributed by atoms with Gasteiger partial charge < -0.3 is 37.9 Å². The molecular weight excluding hydrogens is 747 g/mol. The number of nitrogens with zero attached hydrogens (tertiary/aromatic N) is 1. The minimum Gasteiger partial charge on any atom is -0.493 e. The van der Waals surface area contributed by atoms with Gasteiger partial charge in [-0.15, -0.1) is 5.92 Å². The predicted molar refractivity (Wildman–Crippen MR) is 204 cm³/mol. The first-order valence-electron chi connectivity index (χ1n) is 17.7. The topological polar surface area (TPSA) is 155 Å². The number of sulfone groups is 1. The van der Waals surface area contributed by atoms with Crippen LogP contribution < -0.4 is 23.7 Å². The van der Waals surface area contributed by atoms with Crippen molar-refractivity contribution in [2.75, 3.05) is 40.8 Å². The van der Waals surface area contributed by atoms with Crippen LogP contribution in [0.15, 0.2) is 95.4 Å². The molecule has 0 N–H and O–H groups in total. The molecule has 14 nitrogen and oxygen atoms in total. The Morgan fingerprint density at radius 2 is 1.54 bits per heavy atom. The number of rotatable bonds is 14. The molecule has 3 atom stereocenters. The lowest BCUT2D eigenvalue weighted by Crippen LogP contribution is -2.58. The zero-order valence-corrected chi connectivity index (χ0v) is 32.9. The quantitative estimate of drug-likeness (QED) is 0.0527. The summed E-state index contributed by atoms with van der Waals surface area (Å²) in [5, 5.41) is 0.464. The Morgan fingerprint density at radius 3 is 2.09 bits per heavy atom. The molecule has 298 valence electrons. The van der Waals surface area contributed by atoms with Gasteiger partial charge in [0.1, 0.15) is 23.0 Å². The van der Waals surface area contributed by atoms with Crippen LogP contribution in [0.5, 0.6) is 28.7 Å². The Bertz CT molecular complexity index is 2070. The second-order valence-corrected chi connectivity index (χ2v) is 14.6. The molecule has 3 aromatic rings. The van der Waals surface area contributed by atoms with Crippen molar-refractivity contribution in [2.45, 2.75) is 57.1 Å². The van der Waals surface area contributed by atoms with Crippen molar-refractivity contribution in [3.05, 3.63) is 101 Å². The second-order valence-electron chi connectivity index (χ2n) is 12.6. The highest BCUT2D eigenvalue weighted by Crippen LogP contribution is 2.51. The van der Waals surface area contributed by atoms with Gasteiger partial charge in [-0.25, -0.2) is 18.0 Å². The van der Waals surface area contributed by atoms with E-state index in [1.54, 1.807) is 68.5 Å². The smallest absolute Gasteiger partial charge is 0.493 e. The fourth-order valence-electron chi connectivity index (χ4n) is 6.35. The largest absolute Gasteiger partial charge is 0.539 e. The number of hydroxylamine groups is 2. The average molecular weight is 792 g/mol. The molecule has 1 amide bonds. The van der Waals surface area contributed by atoms with E-state index in [-0.39, 0.29) is 37.6 Å². The number of ether oxygens (including phenoxy) is 8. The van der Waals surface area contributed by atoms with Gasteiger partial charge in [0.05, 0.1) is 27.4 Å². The van der Waals surface area contributed by atoms with Crippen LogP contribution in [0, 0.1) is 11.8 Å². The van der Waals surface area contributed by atoms with Crippen molar-refractivity contribution in [1.82, 2.24) is 5.06 Å². The summed E-state index contributed by atoms with van der Waals surface area (Å²) < 4.78 is 74.9. The van der Waals surface area contributed by atoms with Crippen LogP contribution in [0.4, 0.5) is 9.59 Å². The minimum absolute atomic E-state index is 0.0562. The van der Waals surface area contributed by atoms with Gasteiger partial charge in [0, 0.05) is 31.3 Å². The number of hydrogen-bond acceptors (Lipinski definition) is 13. The lowest BCUT2D eigenvalue weighted by atomic mass is 9.91. The molecule has 3 unspecified atom stereocenters. The molecule has 1 aliphatic heterocycles. The second kappa shape index (κ2) is 18.4. The van der Waals surface area contributed by atoms with Crippen molar-refractivity contribution >= 4 is 22.1 Å². The van der Waals surface area contributed by atoms with E-state index in [0.717, 1.165) is 6.26 Å². The molecule has 5 rings (SSSR count). The monoisotopic (exact) mass is 791 g/mol. The van der Waals surface area contributed by atoms with Gasteiger partial charge in [0.2, 0.25) is 11.5 Å². The number of para-hydroxylation sites is 2. The Kier molecular flexibility index (Phi) is 13.7. The third-order valence-electron chi connectivity index (χ3n) is 8.89. The van der Waals surface area contributed by atoms with Crippen LogP contribution in [0.1, 0.15) is 51.2 Å². The Balaban J connectivity index is 1.61. The summed E-state index contributed by atoms with van der Waals surface area (Å²) in [5.41, 5.74) is -1.27. The maximum Gasteiger partial charge on any atom is 0.539 e. The number of carbonyl (C=O) groups is 2. The number of hydrogen-bond donors (Lipinski definition) is 0. The molecule has 56 heavy (non-hydrogen) atoms. The Hall–Kier alpha value is -5.53. The number of carbonyl (C=O) groups excluding carboxylic acids is 2. The van der Waals surface area contributed by atoms with Crippen LogP contribution in [-0.4, -0.2) is 78.0 Å². The van der Waals surface area contributed by atoms with Crippen LogP contribution in [-0.2, 0) is 28.9 Å². The summed E-state index contributed by atoms with van der Waals surface area (Å²) in [6.45, 7) is 3.35. The highest BCUT2D eigenvalue weighted by atomic mass is 32.2. The molecule has 3 aromatic carbocycles. The Morgan fingerprint density at radius 1 is 0.911 bits per heavy atom. The molecule has 1 saturated heterocycles. The molecule has 1 aliphatic carbocycles. The van der Waals surface area contributed by atoms with E-state index in [0.29, 0.717) is 46.3 Å². The van der Waals surface area contributed by atoms with E-state index in [9.17, 15) is 18.0 Å². The van der Waals surface area contributed by atoms with Gasteiger partial charge in [-0.1, -0.05) is 60.4 Å². The molecule has 0 aromatic heterocycles. The fraction of sp³-hybridized carbons (Fsp3) is 0.366.